The van der Waals surface area contributed by atoms with Crippen molar-refractivity contribution in [3.63, 3.8) is 0 Å². The van der Waals surface area contributed by atoms with Crippen LogP contribution in [-0.4, -0.2) is 34.4 Å². The van der Waals surface area contributed by atoms with E-state index in [2.05, 4.69) is 22.2 Å². The van der Waals surface area contributed by atoms with E-state index in [1.807, 2.05) is 19.2 Å². The molecule has 0 atom stereocenters. The van der Waals surface area contributed by atoms with Gasteiger partial charge in [0.25, 0.3) is 5.91 Å². The van der Waals surface area contributed by atoms with Gasteiger partial charge in [0, 0.05) is 42.8 Å². The molecular formula is C22H23FN4O. The predicted octanol–water partition coefficient (Wildman–Crippen LogP) is 4.90. The molecule has 1 aromatic heterocycles. The molecule has 6 heteroatoms. The largest absolute Gasteiger partial charge is 0.342 e. The van der Waals surface area contributed by atoms with Crippen molar-refractivity contribution in [1.29, 1.82) is 0 Å². The zero-order valence-electron chi connectivity index (χ0n) is 16.0. The van der Waals surface area contributed by atoms with Gasteiger partial charge >= 0.3 is 0 Å². The number of nitrogens with one attached hydrogen (secondary N) is 1. The number of amides is 1. The van der Waals surface area contributed by atoms with E-state index in [-0.39, 0.29) is 11.7 Å². The molecule has 0 saturated heterocycles. The van der Waals surface area contributed by atoms with E-state index in [4.69, 9.17) is 0 Å². The highest BCUT2D eigenvalue weighted by Gasteiger charge is 2.12. The van der Waals surface area contributed by atoms with E-state index < -0.39 is 0 Å². The maximum atomic E-state index is 13.0. The lowest BCUT2D eigenvalue weighted by molar-refractivity contribution is 0.0793. The average molecular weight is 378 g/mol. The molecule has 0 aliphatic rings. The maximum absolute atomic E-state index is 13.0. The SMILES string of the molecule is CCCCN(C)C(=O)c1cccc(Nc2ncc(-c3ccc(F)cc3)cn2)c1. The highest BCUT2D eigenvalue weighted by atomic mass is 19.1. The molecule has 1 N–H and O–H groups in total. The number of carbonyl (C=O) groups is 1. The number of aromatic nitrogens is 2. The number of nitrogens with zero attached hydrogens (tertiary/aromatic N) is 3. The lowest BCUT2D eigenvalue weighted by Gasteiger charge is -2.17. The van der Waals surface area contributed by atoms with Crippen LogP contribution in [0.25, 0.3) is 11.1 Å². The summed E-state index contributed by atoms with van der Waals surface area (Å²) in [6.07, 6.45) is 5.38. The van der Waals surface area contributed by atoms with Crippen LogP contribution in [0.5, 0.6) is 0 Å². The van der Waals surface area contributed by atoms with Crippen molar-refractivity contribution in [3.05, 3.63) is 72.3 Å². The molecule has 0 saturated carbocycles. The molecule has 3 rings (SSSR count). The third kappa shape index (κ3) is 4.91. The van der Waals surface area contributed by atoms with Crippen molar-refractivity contribution in [2.24, 2.45) is 0 Å². The number of unbranched alkanes of at least 4 members (excludes halogenated alkanes) is 1. The number of hydrogen-bond acceptors (Lipinski definition) is 4. The van der Waals surface area contributed by atoms with E-state index in [0.29, 0.717) is 11.5 Å². The molecule has 0 aliphatic carbocycles. The first-order chi connectivity index (χ1) is 13.6. The monoisotopic (exact) mass is 378 g/mol. The van der Waals surface area contributed by atoms with Crippen LogP contribution in [0.3, 0.4) is 0 Å². The highest BCUT2D eigenvalue weighted by Crippen LogP contribution is 2.20. The number of hydrogen-bond donors (Lipinski definition) is 1. The van der Waals surface area contributed by atoms with Gasteiger partial charge in [-0.25, -0.2) is 14.4 Å². The van der Waals surface area contributed by atoms with Crippen LogP contribution in [-0.2, 0) is 0 Å². The number of benzene rings is 2. The van der Waals surface area contributed by atoms with Gasteiger partial charge in [-0.05, 0) is 42.3 Å². The Hall–Kier alpha value is -3.28. The summed E-state index contributed by atoms with van der Waals surface area (Å²) >= 11 is 0. The molecule has 2 aromatic carbocycles. The maximum Gasteiger partial charge on any atom is 0.253 e. The van der Waals surface area contributed by atoms with Gasteiger partial charge in [0.1, 0.15) is 5.82 Å². The second-order valence-electron chi connectivity index (χ2n) is 6.59. The number of carbonyl (C=O) groups excluding carboxylic acids is 1. The molecule has 3 aromatic rings. The quantitative estimate of drug-likeness (QED) is 0.635. The molecule has 0 fully saturated rings. The summed E-state index contributed by atoms with van der Waals surface area (Å²) in [5, 5.41) is 3.12. The van der Waals surface area contributed by atoms with Gasteiger partial charge < -0.3 is 10.2 Å². The van der Waals surface area contributed by atoms with Gasteiger partial charge in [-0.15, -0.1) is 0 Å². The van der Waals surface area contributed by atoms with Crippen molar-refractivity contribution < 1.29 is 9.18 Å². The van der Waals surface area contributed by atoms with Crippen LogP contribution in [0.4, 0.5) is 16.0 Å². The van der Waals surface area contributed by atoms with Gasteiger partial charge in [0.2, 0.25) is 5.95 Å². The van der Waals surface area contributed by atoms with Gasteiger partial charge in [-0.2, -0.15) is 0 Å². The van der Waals surface area contributed by atoms with Crippen LogP contribution in [0.1, 0.15) is 30.1 Å². The molecule has 0 spiro atoms. The molecule has 5 nitrogen and oxygen atoms in total. The molecule has 28 heavy (non-hydrogen) atoms. The first-order valence-corrected chi connectivity index (χ1v) is 9.27. The Balaban J connectivity index is 1.70. The van der Waals surface area contributed by atoms with Crippen LogP contribution in [0.2, 0.25) is 0 Å². The normalized spacial score (nSPS) is 10.5. The molecule has 1 amide bonds. The minimum atomic E-state index is -0.280. The molecule has 0 aliphatic heterocycles. The predicted molar refractivity (Wildman–Crippen MR) is 109 cm³/mol. The Morgan fingerprint density at radius 3 is 2.46 bits per heavy atom. The van der Waals surface area contributed by atoms with Crippen LogP contribution < -0.4 is 5.32 Å². The Bertz CT molecular complexity index is 926. The minimum absolute atomic E-state index is 0.00956. The van der Waals surface area contributed by atoms with Crippen molar-refractivity contribution in [2.45, 2.75) is 19.8 Å². The molecule has 0 radical (unpaired) electrons. The first-order valence-electron chi connectivity index (χ1n) is 9.27. The summed E-state index contributed by atoms with van der Waals surface area (Å²) in [5.41, 5.74) is 3.00. The van der Waals surface area contributed by atoms with Crippen molar-refractivity contribution >= 4 is 17.5 Å². The zero-order valence-corrected chi connectivity index (χ0v) is 16.0. The zero-order chi connectivity index (χ0) is 19.9. The molecule has 0 unspecified atom stereocenters. The summed E-state index contributed by atoms with van der Waals surface area (Å²) in [6.45, 7) is 2.84. The topological polar surface area (TPSA) is 58.1 Å². The van der Waals surface area contributed by atoms with Crippen LogP contribution in [0, 0.1) is 5.82 Å². The third-order valence-corrected chi connectivity index (χ3v) is 4.39. The number of halogens is 1. The van der Waals surface area contributed by atoms with E-state index >= 15 is 0 Å². The van der Waals surface area contributed by atoms with Crippen molar-refractivity contribution in [1.82, 2.24) is 14.9 Å². The summed E-state index contributed by atoms with van der Waals surface area (Å²) in [7, 11) is 1.81. The summed E-state index contributed by atoms with van der Waals surface area (Å²) in [6, 6.07) is 13.5. The summed E-state index contributed by atoms with van der Waals surface area (Å²) < 4.78 is 13.0. The standard InChI is InChI=1S/C22H23FN4O/c1-3-4-12-27(2)21(28)17-6-5-7-20(13-17)26-22-24-14-18(15-25-22)16-8-10-19(23)11-9-16/h5-11,13-15H,3-4,12H2,1-2H3,(H,24,25,26). The lowest BCUT2D eigenvalue weighted by atomic mass is 10.1. The third-order valence-electron chi connectivity index (χ3n) is 4.39. The molecule has 144 valence electrons. The Labute approximate surface area is 164 Å². The second kappa shape index (κ2) is 9.08. The van der Waals surface area contributed by atoms with Gasteiger partial charge in [-0.1, -0.05) is 31.5 Å². The minimum Gasteiger partial charge on any atom is -0.342 e. The average Bonchev–Trinajstić information content (AvgIpc) is 2.73. The molecule has 1 heterocycles. The summed E-state index contributed by atoms with van der Waals surface area (Å²) in [4.78, 5) is 22.9. The van der Waals surface area contributed by atoms with E-state index in [9.17, 15) is 9.18 Å². The Kier molecular flexibility index (Phi) is 6.32. The van der Waals surface area contributed by atoms with Crippen molar-refractivity contribution in [3.8, 4) is 11.1 Å². The van der Waals surface area contributed by atoms with Crippen LogP contribution in [0.15, 0.2) is 60.9 Å². The molecular weight excluding hydrogens is 355 g/mol. The van der Waals surface area contributed by atoms with Gasteiger partial charge in [0.15, 0.2) is 0 Å². The second-order valence-corrected chi connectivity index (χ2v) is 6.59. The summed E-state index contributed by atoms with van der Waals surface area (Å²) in [5.74, 6) is 0.136. The van der Waals surface area contributed by atoms with E-state index in [1.54, 1.807) is 41.6 Å². The van der Waals surface area contributed by atoms with Crippen LogP contribution >= 0.6 is 0 Å². The van der Waals surface area contributed by atoms with Crippen molar-refractivity contribution in [2.75, 3.05) is 18.9 Å². The smallest absolute Gasteiger partial charge is 0.253 e. The highest BCUT2D eigenvalue weighted by molar-refractivity contribution is 5.95. The fourth-order valence-electron chi connectivity index (χ4n) is 2.76. The van der Waals surface area contributed by atoms with Gasteiger partial charge in [-0.3, -0.25) is 4.79 Å². The molecule has 0 bridgehead atoms. The number of anilines is 2. The fourth-order valence-corrected chi connectivity index (χ4v) is 2.76. The van der Waals surface area contributed by atoms with E-state index in [1.165, 1.54) is 12.1 Å². The number of rotatable bonds is 7. The Morgan fingerprint density at radius 1 is 1.07 bits per heavy atom. The first kappa shape index (κ1) is 19.5. The van der Waals surface area contributed by atoms with E-state index in [0.717, 1.165) is 36.2 Å². The lowest BCUT2D eigenvalue weighted by Crippen LogP contribution is -2.27. The Morgan fingerprint density at radius 2 is 1.79 bits per heavy atom. The fraction of sp³-hybridized carbons (Fsp3) is 0.227. The van der Waals surface area contributed by atoms with Gasteiger partial charge in [0.05, 0.1) is 0 Å².